The Labute approximate surface area is 166 Å². The van der Waals surface area contributed by atoms with Crippen LogP contribution in [0.3, 0.4) is 0 Å². The van der Waals surface area contributed by atoms with E-state index >= 15 is 0 Å². The summed E-state index contributed by atoms with van der Waals surface area (Å²) in [6, 6.07) is 11.0. The number of nitro benzene ring substituents is 1. The molecule has 2 aromatic rings. The average molecular weight is 401 g/mol. The van der Waals surface area contributed by atoms with Crippen molar-refractivity contribution in [2.24, 2.45) is 0 Å². The van der Waals surface area contributed by atoms with E-state index in [-0.39, 0.29) is 43.6 Å². The number of amides is 1. The SMILES string of the molecule is COc1ccc(OCCNC(=O)CN2CC(=O)Oc3cc([N+](=O)[O-])ccc32)cc1. The van der Waals surface area contributed by atoms with E-state index in [1.807, 2.05) is 0 Å². The molecule has 0 fully saturated rings. The number of nitrogens with zero attached hydrogens (tertiary/aromatic N) is 2. The molecule has 0 aliphatic carbocycles. The van der Waals surface area contributed by atoms with E-state index in [0.717, 1.165) is 5.75 Å². The largest absolute Gasteiger partial charge is 0.497 e. The number of nitrogens with one attached hydrogen (secondary N) is 1. The number of hydrogen-bond donors (Lipinski definition) is 1. The lowest BCUT2D eigenvalue weighted by molar-refractivity contribution is -0.384. The van der Waals surface area contributed by atoms with Crippen LogP contribution in [0.25, 0.3) is 0 Å². The number of hydrogen-bond acceptors (Lipinski definition) is 8. The van der Waals surface area contributed by atoms with Crippen molar-refractivity contribution in [3.63, 3.8) is 0 Å². The van der Waals surface area contributed by atoms with E-state index in [1.54, 1.807) is 31.4 Å². The fourth-order valence-electron chi connectivity index (χ4n) is 2.76. The van der Waals surface area contributed by atoms with Crippen LogP contribution in [0.1, 0.15) is 0 Å². The van der Waals surface area contributed by atoms with Gasteiger partial charge < -0.3 is 24.4 Å². The summed E-state index contributed by atoms with van der Waals surface area (Å²) >= 11 is 0. The Morgan fingerprint density at radius 1 is 1.24 bits per heavy atom. The van der Waals surface area contributed by atoms with Gasteiger partial charge in [-0.25, -0.2) is 4.79 Å². The zero-order valence-corrected chi connectivity index (χ0v) is 15.6. The lowest BCUT2D eigenvalue weighted by Crippen LogP contribution is -2.44. The normalized spacial score (nSPS) is 12.6. The molecule has 29 heavy (non-hydrogen) atoms. The summed E-state index contributed by atoms with van der Waals surface area (Å²) in [7, 11) is 1.58. The van der Waals surface area contributed by atoms with E-state index in [0.29, 0.717) is 11.4 Å². The second kappa shape index (κ2) is 8.91. The van der Waals surface area contributed by atoms with E-state index in [2.05, 4.69) is 5.32 Å². The van der Waals surface area contributed by atoms with Gasteiger partial charge in [-0.15, -0.1) is 0 Å². The average Bonchev–Trinajstić information content (AvgIpc) is 2.71. The summed E-state index contributed by atoms with van der Waals surface area (Å²) in [5.41, 5.74) is 0.248. The fraction of sp³-hybridized carbons (Fsp3) is 0.263. The number of anilines is 1. The van der Waals surface area contributed by atoms with Gasteiger partial charge in [0.15, 0.2) is 5.75 Å². The molecule has 1 amide bonds. The van der Waals surface area contributed by atoms with Gasteiger partial charge in [-0.2, -0.15) is 0 Å². The van der Waals surface area contributed by atoms with Crippen molar-refractivity contribution in [3.8, 4) is 17.2 Å². The zero-order chi connectivity index (χ0) is 20.8. The van der Waals surface area contributed by atoms with Gasteiger partial charge in [-0.3, -0.25) is 14.9 Å². The van der Waals surface area contributed by atoms with Crippen LogP contribution in [0.2, 0.25) is 0 Å². The van der Waals surface area contributed by atoms with E-state index in [9.17, 15) is 19.7 Å². The van der Waals surface area contributed by atoms with Crippen LogP contribution in [0, 0.1) is 10.1 Å². The molecule has 10 nitrogen and oxygen atoms in total. The summed E-state index contributed by atoms with van der Waals surface area (Å²) in [6.07, 6.45) is 0. The predicted molar refractivity (Wildman–Crippen MR) is 102 cm³/mol. The number of esters is 1. The molecule has 1 aliphatic rings. The fourth-order valence-corrected chi connectivity index (χ4v) is 2.76. The molecular weight excluding hydrogens is 382 g/mol. The third kappa shape index (κ3) is 5.12. The topological polar surface area (TPSA) is 120 Å². The van der Waals surface area contributed by atoms with Gasteiger partial charge in [0, 0.05) is 6.07 Å². The van der Waals surface area contributed by atoms with Crippen molar-refractivity contribution in [3.05, 3.63) is 52.6 Å². The number of carbonyl (C=O) groups excluding carboxylic acids is 2. The molecule has 10 heteroatoms. The molecular formula is C19H19N3O7. The number of non-ortho nitro benzene ring substituents is 1. The first-order valence-electron chi connectivity index (χ1n) is 8.74. The maximum atomic E-state index is 12.2. The minimum atomic E-state index is -0.589. The van der Waals surface area contributed by atoms with Crippen LogP contribution in [0.5, 0.6) is 17.2 Å². The predicted octanol–water partition coefficient (Wildman–Crippen LogP) is 1.52. The van der Waals surface area contributed by atoms with Crippen molar-refractivity contribution >= 4 is 23.3 Å². The lowest BCUT2D eigenvalue weighted by Gasteiger charge is -2.28. The second-order valence-corrected chi connectivity index (χ2v) is 6.11. The molecule has 1 heterocycles. The van der Waals surface area contributed by atoms with E-state index < -0.39 is 10.9 Å². The van der Waals surface area contributed by atoms with Crippen LogP contribution in [-0.2, 0) is 9.59 Å². The monoisotopic (exact) mass is 401 g/mol. The highest BCUT2D eigenvalue weighted by atomic mass is 16.6. The van der Waals surface area contributed by atoms with Crippen LogP contribution >= 0.6 is 0 Å². The number of nitro groups is 1. The molecule has 1 aliphatic heterocycles. The van der Waals surface area contributed by atoms with Crippen molar-refractivity contribution in [1.82, 2.24) is 5.32 Å². The molecule has 0 aromatic heterocycles. The highest BCUT2D eigenvalue weighted by molar-refractivity contribution is 5.89. The zero-order valence-electron chi connectivity index (χ0n) is 15.6. The number of carbonyl (C=O) groups is 2. The van der Waals surface area contributed by atoms with Crippen molar-refractivity contribution in [1.29, 1.82) is 0 Å². The Kier molecular flexibility index (Phi) is 6.12. The summed E-state index contributed by atoms with van der Waals surface area (Å²) in [5.74, 6) is 0.521. The smallest absolute Gasteiger partial charge is 0.331 e. The number of methoxy groups -OCH3 is 1. The van der Waals surface area contributed by atoms with Crippen molar-refractivity contribution in [2.75, 3.05) is 38.3 Å². The van der Waals surface area contributed by atoms with Gasteiger partial charge in [0.2, 0.25) is 5.91 Å². The van der Waals surface area contributed by atoms with Crippen LogP contribution in [0.4, 0.5) is 11.4 Å². The molecule has 0 radical (unpaired) electrons. The maximum Gasteiger partial charge on any atom is 0.331 e. The molecule has 0 atom stereocenters. The van der Waals surface area contributed by atoms with Gasteiger partial charge in [0.05, 0.1) is 36.9 Å². The summed E-state index contributed by atoms with van der Waals surface area (Å²) in [4.78, 5) is 35.8. The molecule has 2 aromatic carbocycles. The molecule has 0 spiro atoms. The van der Waals surface area contributed by atoms with Gasteiger partial charge in [-0.05, 0) is 30.3 Å². The minimum Gasteiger partial charge on any atom is -0.497 e. The lowest BCUT2D eigenvalue weighted by atomic mass is 10.2. The second-order valence-electron chi connectivity index (χ2n) is 6.11. The third-order valence-electron chi connectivity index (χ3n) is 4.13. The minimum absolute atomic E-state index is 0.0612. The Balaban J connectivity index is 1.51. The van der Waals surface area contributed by atoms with Crippen LogP contribution in [0.15, 0.2) is 42.5 Å². The van der Waals surface area contributed by atoms with Gasteiger partial charge in [0.1, 0.15) is 24.7 Å². The number of benzene rings is 2. The highest BCUT2D eigenvalue weighted by Gasteiger charge is 2.27. The first-order chi connectivity index (χ1) is 14.0. The van der Waals surface area contributed by atoms with Crippen LogP contribution < -0.4 is 24.4 Å². The Bertz CT molecular complexity index is 915. The summed E-state index contributed by atoms with van der Waals surface area (Å²) in [5, 5.41) is 13.6. The maximum absolute atomic E-state index is 12.2. The third-order valence-corrected chi connectivity index (χ3v) is 4.13. The molecule has 1 N–H and O–H groups in total. The summed E-state index contributed by atoms with van der Waals surface area (Å²) in [6.45, 7) is 0.322. The van der Waals surface area contributed by atoms with Gasteiger partial charge in [-0.1, -0.05) is 0 Å². The number of rotatable bonds is 8. The number of ether oxygens (including phenoxy) is 3. The molecule has 0 saturated heterocycles. The molecule has 0 unspecified atom stereocenters. The Morgan fingerprint density at radius 2 is 1.97 bits per heavy atom. The molecule has 3 rings (SSSR count). The highest BCUT2D eigenvalue weighted by Crippen LogP contribution is 2.34. The van der Waals surface area contributed by atoms with E-state index in [1.165, 1.54) is 23.1 Å². The molecule has 0 bridgehead atoms. The molecule has 152 valence electrons. The summed E-state index contributed by atoms with van der Waals surface area (Å²) < 4.78 is 15.7. The Hall–Kier alpha value is -3.82. The Morgan fingerprint density at radius 3 is 2.66 bits per heavy atom. The van der Waals surface area contributed by atoms with Gasteiger partial charge >= 0.3 is 5.97 Å². The quantitative estimate of drug-likeness (QED) is 0.232. The first kappa shape index (κ1) is 19.9. The standard InChI is InChI=1S/C19H19N3O7/c1-27-14-3-5-15(6-4-14)28-9-8-20-18(23)11-21-12-19(24)29-17-10-13(22(25)26)2-7-16(17)21/h2-7,10H,8-9,11-12H2,1H3,(H,20,23). The number of fused-ring (bicyclic) bond motifs is 1. The van der Waals surface area contributed by atoms with Gasteiger partial charge in [0.25, 0.3) is 5.69 Å². The van der Waals surface area contributed by atoms with Crippen LogP contribution in [-0.4, -0.2) is 50.2 Å². The van der Waals surface area contributed by atoms with Crippen molar-refractivity contribution < 1.29 is 28.7 Å². The van der Waals surface area contributed by atoms with Crippen molar-refractivity contribution in [2.45, 2.75) is 0 Å². The van der Waals surface area contributed by atoms with E-state index in [4.69, 9.17) is 14.2 Å². The first-order valence-corrected chi connectivity index (χ1v) is 8.74. The molecule has 0 saturated carbocycles.